The van der Waals surface area contributed by atoms with Crippen molar-refractivity contribution in [2.45, 2.75) is 230 Å². The molecule has 2 unspecified atom stereocenters. The average Bonchev–Trinajstić information content (AvgIpc) is 3.39. The monoisotopic (exact) mass is 1090 g/mol. The molecule has 0 aliphatic rings. The van der Waals surface area contributed by atoms with Gasteiger partial charge in [0.2, 0.25) is 0 Å². The van der Waals surface area contributed by atoms with E-state index < -0.39 is 34.3 Å². The van der Waals surface area contributed by atoms with Gasteiger partial charge in [-0.25, -0.2) is 4.79 Å². The fraction of sp³-hybridized carbons (Fsp3) is 0.828. The van der Waals surface area contributed by atoms with Crippen LogP contribution >= 0.6 is 0 Å². The Morgan fingerprint density at radius 3 is 1.26 bits per heavy atom. The van der Waals surface area contributed by atoms with Crippen LogP contribution in [0.15, 0.2) is 12.7 Å². The second-order valence-corrected chi connectivity index (χ2v) is 20.9. The number of carbonyl (C=O) groups is 8. The molecule has 18 heteroatoms. The number of esters is 7. The molecule has 0 bridgehead atoms. The standard InChI is InChI=1S/C24H44O6.C22H38O8.C12H22O4/c1-6-9-14-20(7-2)19-30-22(26)15-11-10-12-17-28-21(25)16-13-18-29-23(27)24(4,5)8-3;1-5-19(24)28-14-11-10-13-27-16-18(23)17-30-20(25)12-8-7-9-15-29-21(26)22(3,4)6-2;1-4-12(2,3)11(15)16-9-7-5-6-8-10(13)14/h20H,6-19H2,1-5H3;5,18,23H,1,6-17H2,2-4H3;4-9H2,1-3H3,(H,13,14). The van der Waals surface area contributed by atoms with E-state index >= 15 is 0 Å². The van der Waals surface area contributed by atoms with Gasteiger partial charge in [0.25, 0.3) is 0 Å². The number of aliphatic carboxylic acids is 1. The first-order chi connectivity index (χ1) is 35.9. The molecule has 0 aliphatic heterocycles. The third kappa shape index (κ3) is 45.6. The van der Waals surface area contributed by atoms with Gasteiger partial charge in [-0.15, -0.1) is 0 Å². The van der Waals surface area contributed by atoms with Crippen LogP contribution in [-0.4, -0.2) is 124 Å². The minimum Gasteiger partial charge on any atom is -0.481 e. The summed E-state index contributed by atoms with van der Waals surface area (Å²) < 4.78 is 41.3. The summed E-state index contributed by atoms with van der Waals surface area (Å²) in [5, 5.41) is 18.2. The summed E-state index contributed by atoms with van der Waals surface area (Å²) >= 11 is 0. The molecule has 0 rings (SSSR count). The van der Waals surface area contributed by atoms with E-state index in [1.165, 1.54) is 12.8 Å². The number of hydrogen-bond donors (Lipinski definition) is 2. The van der Waals surface area contributed by atoms with Crippen LogP contribution in [-0.2, 0) is 76.3 Å². The van der Waals surface area contributed by atoms with E-state index in [9.17, 15) is 43.5 Å². The zero-order valence-electron chi connectivity index (χ0n) is 49.0. The summed E-state index contributed by atoms with van der Waals surface area (Å²) in [4.78, 5) is 91.4. The second-order valence-electron chi connectivity index (χ2n) is 20.9. The SMILES string of the molecule is C=CC(=O)OCCCCOCC(O)COC(=O)CCCCCOC(=O)C(C)(C)CC.CCC(C)(C)C(=O)OCCCCCC(=O)O.CCCCC(CC)COC(=O)CCCCCOC(=O)CCCOC(=O)C(C)(C)CC. The van der Waals surface area contributed by atoms with Crippen LogP contribution in [0.5, 0.6) is 0 Å². The highest BCUT2D eigenvalue weighted by Crippen LogP contribution is 2.23. The average molecular weight is 1090 g/mol. The largest absolute Gasteiger partial charge is 0.481 e. The van der Waals surface area contributed by atoms with Gasteiger partial charge in [0.1, 0.15) is 12.7 Å². The fourth-order valence-corrected chi connectivity index (χ4v) is 5.89. The molecular formula is C58H104O18. The number of ether oxygens (including phenoxy) is 8. The maximum Gasteiger partial charge on any atom is 0.330 e. The molecule has 0 fully saturated rings. The summed E-state index contributed by atoms with van der Waals surface area (Å²) in [5.41, 5.74) is -1.37. The number of aliphatic hydroxyl groups excluding tert-OH is 1. The number of hydrogen-bond acceptors (Lipinski definition) is 17. The fourth-order valence-electron chi connectivity index (χ4n) is 5.89. The number of aliphatic hydroxyl groups is 1. The van der Waals surface area contributed by atoms with Crippen molar-refractivity contribution >= 4 is 47.8 Å². The number of carbonyl (C=O) groups excluding carboxylic acids is 7. The second kappa shape index (κ2) is 47.6. The van der Waals surface area contributed by atoms with Gasteiger partial charge >= 0.3 is 47.8 Å². The highest BCUT2D eigenvalue weighted by atomic mass is 16.6. The Hall–Kier alpha value is -4.58. The van der Waals surface area contributed by atoms with Crippen LogP contribution in [0.4, 0.5) is 0 Å². The third-order valence-corrected chi connectivity index (χ3v) is 12.7. The Kier molecular flexibility index (Phi) is 47.4. The molecule has 0 spiro atoms. The van der Waals surface area contributed by atoms with Crippen molar-refractivity contribution < 1.29 is 86.5 Å². The number of carboxylic acid groups (broad SMARTS) is 1. The van der Waals surface area contributed by atoms with Gasteiger partial charge in [-0.3, -0.25) is 33.6 Å². The zero-order valence-corrected chi connectivity index (χ0v) is 49.0. The molecule has 76 heavy (non-hydrogen) atoms. The molecule has 0 aliphatic carbocycles. The van der Waals surface area contributed by atoms with E-state index in [0.29, 0.717) is 96.9 Å². The maximum absolute atomic E-state index is 11.8. The molecule has 0 heterocycles. The summed E-state index contributed by atoms with van der Waals surface area (Å²) in [6.45, 7) is 27.1. The third-order valence-electron chi connectivity index (χ3n) is 12.7. The molecule has 0 saturated heterocycles. The van der Waals surface area contributed by atoms with Crippen molar-refractivity contribution in [1.29, 1.82) is 0 Å². The minimum absolute atomic E-state index is 0.0687. The maximum atomic E-state index is 11.8. The minimum atomic E-state index is -0.881. The number of rotatable bonds is 44. The van der Waals surface area contributed by atoms with Crippen molar-refractivity contribution in [3.8, 4) is 0 Å². The van der Waals surface area contributed by atoms with Gasteiger partial charge in [-0.2, -0.15) is 0 Å². The summed E-state index contributed by atoms with van der Waals surface area (Å²) in [6.07, 6.45) is 16.4. The van der Waals surface area contributed by atoms with Crippen LogP contribution in [0.1, 0.15) is 224 Å². The Morgan fingerprint density at radius 2 is 0.829 bits per heavy atom. The van der Waals surface area contributed by atoms with Crippen LogP contribution in [0, 0.1) is 22.2 Å². The first-order valence-electron chi connectivity index (χ1n) is 28.1. The lowest BCUT2D eigenvalue weighted by Gasteiger charge is -2.20. The molecule has 0 saturated carbocycles. The highest BCUT2D eigenvalue weighted by molar-refractivity contribution is 5.81. The Balaban J connectivity index is -0.00000110. The molecule has 444 valence electrons. The summed E-state index contributed by atoms with van der Waals surface area (Å²) in [6, 6.07) is 0. The van der Waals surface area contributed by atoms with Gasteiger partial charge in [-0.05, 0) is 150 Å². The quantitative estimate of drug-likeness (QED) is 0.0249. The molecule has 0 aromatic heterocycles. The normalized spacial score (nSPS) is 12.0. The van der Waals surface area contributed by atoms with Gasteiger partial charge < -0.3 is 48.1 Å². The van der Waals surface area contributed by atoms with E-state index in [1.54, 1.807) is 0 Å². The van der Waals surface area contributed by atoms with Crippen molar-refractivity contribution in [2.75, 3.05) is 59.5 Å². The smallest absolute Gasteiger partial charge is 0.330 e. The van der Waals surface area contributed by atoms with Crippen molar-refractivity contribution in [3.63, 3.8) is 0 Å². The van der Waals surface area contributed by atoms with Crippen LogP contribution in [0.25, 0.3) is 0 Å². The van der Waals surface area contributed by atoms with Crippen LogP contribution in [0.3, 0.4) is 0 Å². The lowest BCUT2D eigenvalue weighted by Crippen LogP contribution is -2.26. The number of carboxylic acids is 1. The number of unbranched alkanes of at least 4 members (excludes halogenated alkanes) is 8. The summed E-state index contributed by atoms with van der Waals surface area (Å²) in [7, 11) is 0. The molecule has 18 nitrogen and oxygen atoms in total. The highest BCUT2D eigenvalue weighted by Gasteiger charge is 2.28. The molecule has 0 amide bonds. The van der Waals surface area contributed by atoms with Crippen molar-refractivity contribution in [2.24, 2.45) is 22.2 Å². The van der Waals surface area contributed by atoms with Crippen molar-refractivity contribution in [3.05, 3.63) is 12.7 Å². The van der Waals surface area contributed by atoms with E-state index in [-0.39, 0.29) is 74.9 Å². The Bertz CT molecular complexity index is 1590. The van der Waals surface area contributed by atoms with Gasteiger partial charge in [0.05, 0.1) is 62.5 Å². The van der Waals surface area contributed by atoms with Gasteiger partial charge in [0, 0.05) is 38.4 Å². The Morgan fingerprint density at radius 1 is 0.447 bits per heavy atom. The van der Waals surface area contributed by atoms with E-state index in [4.69, 9.17) is 43.0 Å². The van der Waals surface area contributed by atoms with Crippen LogP contribution in [0.2, 0.25) is 0 Å². The first kappa shape index (κ1) is 75.7. The molecule has 0 radical (unpaired) electrons. The summed E-state index contributed by atoms with van der Waals surface area (Å²) in [5.74, 6) is -2.15. The first-order valence-corrected chi connectivity index (χ1v) is 28.1. The predicted molar refractivity (Wildman–Crippen MR) is 291 cm³/mol. The van der Waals surface area contributed by atoms with E-state index in [1.807, 2.05) is 62.3 Å². The zero-order chi connectivity index (χ0) is 58.3. The lowest BCUT2D eigenvalue weighted by atomic mass is 9.91. The molecule has 0 aromatic rings. The lowest BCUT2D eigenvalue weighted by molar-refractivity contribution is -0.155. The van der Waals surface area contributed by atoms with Crippen LogP contribution < -0.4 is 0 Å². The molecule has 0 aromatic carbocycles. The predicted octanol–water partition coefficient (Wildman–Crippen LogP) is 11.2. The topological polar surface area (TPSA) is 251 Å². The van der Waals surface area contributed by atoms with Crippen molar-refractivity contribution in [1.82, 2.24) is 0 Å². The molecule has 2 N–H and O–H groups in total. The van der Waals surface area contributed by atoms with Gasteiger partial charge in [0.15, 0.2) is 0 Å². The van der Waals surface area contributed by atoms with E-state index in [0.717, 1.165) is 70.3 Å². The van der Waals surface area contributed by atoms with E-state index in [2.05, 4.69) is 20.4 Å². The van der Waals surface area contributed by atoms with Gasteiger partial charge in [-0.1, -0.05) is 60.5 Å². The Labute approximate surface area is 457 Å². The molecule has 2 atom stereocenters. The molecular weight excluding hydrogens is 985 g/mol.